The van der Waals surface area contributed by atoms with Gasteiger partial charge in [-0.05, 0) is 51.9 Å². The summed E-state index contributed by atoms with van der Waals surface area (Å²) in [7, 11) is 0. The largest absolute Gasteiger partial charge is 0.306 e. The normalized spacial score (nSPS) is 53.8. The highest BCUT2D eigenvalue weighted by atomic mass is 15.1. The Hall–Kier alpha value is -0.0400. The molecule has 1 heteroatoms. The van der Waals surface area contributed by atoms with E-state index in [0.29, 0.717) is 11.1 Å². The van der Waals surface area contributed by atoms with Gasteiger partial charge in [0.1, 0.15) is 0 Å². The molecule has 2 heterocycles. The zero-order chi connectivity index (χ0) is 8.82. The van der Waals surface area contributed by atoms with Gasteiger partial charge in [-0.3, -0.25) is 0 Å². The van der Waals surface area contributed by atoms with Crippen LogP contribution in [0.5, 0.6) is 0 Å². The van der Waals surface area contributed by atoms with Gasteiger partial charge in [0.2, 0.25) is 0 Å². The summed E-state index contributed by atoms with van der Waals surface area (Å²) in [6, 6.07) is 0. The van der Waals surface area contributed by atoms with Crippen molar-refractivity contribution in [3.63, 3.8) is 0 Å². The fourth-order valence-corrected chi connectivity index (χ4v) is 3.64. The van der Waals surface area contributed by atoms with Crippen LogP contribution in [0.1, 0.15) is 52.9 Å². The van der Waals surface area contributed by atoms with Crippen molar-refractivity contribution >= 4 is 0 Å². The van der Waals surface area contributed by atoms with E-state index in [0.717, 1.165) is 5.92 Å². The summed E-state index contributed by atoms with van der Waals surface area (Å²) in [4.78, 5) is 0. The molecule has 2 bridgehead atoms. The summed E-state index contributed by atoms with van der Waals surface area (Å²) in [6.07, 6.45) is 6.94. The lowest BCUT2D eigenvalue weighted by atomic mass is 9.67. The number of hydrogen-bond acceptors (Lipinski definition) is 1. The molecule has 2 aliphatic heterocycles. The summed E-state index contributed by atoms with van der Waals surface area (Å²) in [6.45, 7) is 7.21. The van der Waals surface area contributed by atoms with Crippen molar-refractivity contribution in [2.75, 3.05) is 0 Å². The fourth-order valence-electron chi connectivity index (χ4n) is 3.64. The second kappa shape index (κ2) is 2.47. The highest BCUT2D eigenvalue weighted by molar-refractivity contribution is 5.03. The first-order valence-electron chi connectivity index (χ1n) is 5.31. The maximum Gasteiger partial charge on any atom is 0.0161 e. The van der Waals surface area contributed by atoms with E-state index in [1.54, 1.807) is 0 Å². The molecular weight excluding hydrogens is 146 g/mol. The minimum absolute atomic E-state index is 0.463. The van der Waals surface area contributed by atoms with Crippen LogP contribution in [-0.4, -0.2) is 11.1 Å². The topological polar surface area (TPSA) is 12.0 Å². The standard InChI is InChI=1S/C11H21N/c1-9-7-10(2)5-4-6-11(3,8-9)12-10/h9,12H,4-8H2,1-3H3/t9-,10-,11+. The Bertz CT molecular complexity index is 171. The second-order valence-corrected chi connectivity index (χ2v) is 5.61. The molecular formula is C11H21N. The molecule has 0 radical (unpaired) electrons. The molecule has 1 nitrogen and oxygen atoms in total. The van der Waals surface area contributed by atoms with Crippen molar-refractivity contribution in [1.82, 2.24) is 5.32 Å². The van der Waals surface area contributed by atoms with Crippen LogP contribution in [0.4, 0.5) is 0 Å². The molecule has 1 N–H and O–H groups in total. The van der Waals surface area contributed by atoms with Crippen molar-refractivity contribution in [3.05, 3.63) is 0 Å². The van der Waals surface area contributed by atoms with Crippen LogP contribution < -0.4 is 5.32 Å². The zero-order valence-electron chi connectivity index (χ0n) is 8.61. The van der Waals surface area contributed by atoms with Gasteiger partial charge < -0.3 is 5.32 Å². The minimum Gasteiger partial charge on any atom is -0.306 e. The van der Waals surface area contributed by atoms with Gasteiger partial charge in [0, 0.05) is 11.1 Å². The fraction of sp³-hybridized carbons (Fsp3) is 1.00. The third kappa shape index (κ3) is 1.39. The molecule has 0 spiro atoms. The Morgan fingerprint density at radius 3 is 2.08 bits per heavy atom. The summed E-state index contributed by atoms with van der Waals surface area (Å²) in [5.74, 6) is 0.918. The Kier molecular flexibility index (Phi) is 1.76. The third-order valence-electron chi connectivity index (χ3n) is 3.66. The summed E-state index contributed by atoms with van der Waals surface area (Å²) >= 11 is 0. The van der Waals surface area contributed by atoms with E-state index in [9.17, 15) is 0 Å². The molecule has 0 unspecified atom stereocenters. The Labute approximate surface area is 75.9 Å². The van der Waals surface area contributed by atoms with Crippen molar-refractivity contribution in [2.45, 2.75) is 64.0 Å². The van der Waals surface area contributed by atoms with Gasteiger partial charge in [-0.1, -0.05) is 6.92 Å². The number of fused-ring (bicyclic) bond motifs is 2. The summed E-state index contributed by atoms with van der Waals surface area (Å²) in [5.41, 5.74) is 0.926. The van der Waals surface area contributed by atoms with E-state index in [2.05, 4.69) is 26.1 Å². The maximum atomic E-state index is 3.84. The number of nitrogens with one attached hydrogen (secondary N) is 1. The van der Waals surface area contributed by atoms with E-state index in [-0.39, 0.29) is 0 Å². The van der Waals surface area contributed by atoms with Gasteiger partial charge in [0.05, 0.1) is 0 Å². The lowest BCUT2D eigenvalue weighted by Crippen LogP contribution is -2.63. The molecule has 0 aliphatic carbocycles. The average molecular weight is 167 g/mol. The molecule has 2 rings (SSSR count). The van der Waals surface area contributed by atoms with Crippen LogP contribution in [-0.2, 0) is 0 Å². The minimum atomic E-state index is 0.463. The number of piperidine rings is 2. The number of rotatable bonds is 0. The van der Waals surface area contributed by atoms with Gasteiger partial charge in [-0.2, -0.15) is 0 Å². The van der Waals surface area contributed by atoms with Crippen LogP contribution in [0.25, 0.3) is 0 Å². The molecule has 2 saturated heterocycles. The van der Waals surface area contributed by atoms with Crippen LogP contribution in [0.15, 0.2) is 0 Å². The van der Waals surface area contributed by atoms with Crippen molar-refractivity contribution in [3.8, 4) is 0 Å². The first-order chi connectivity index (χ1) is 5.52. The maximum absolute atomic E-state index is 3.84. The summed E-state index contributed by atoms with van der Waals surface area (Å²) in [5, 5.41) is 3.84. The monoisotopic (exact) mass is 167 g/mol. The van der Waals surface area contributed by atoms with Gasteiger partial charge in [-0.15, -0.1) is 0 Å². The first kappa shape index (κ1) is 8.55. The van der Waals surface area contributed by atoms with Crippen LogP contribution in [0, 0.1) is 5.92 Å². The van der Waals surface area contributed by atoms with Gasteiger partial charge in [0.25, 0.3) is 0 Å². The highest BCUT2D eigenvalue weighted by Gasteiger charge is 2.43. The second-order valence-electron chi connectivity index (χ2n) is 5.61. The predicted molar refractivity (Wildman–Crippen MR) is 52.2 cm³/mol. The molecule has 0 aromatic carbocycles. The van der Waals surface area contributed by atoms with E-state index in [1.807, 2.05) is 0 Å². The van der Waals surface area contributed by atoms with Crippen molar-refractivity contribution in [1.29, 1.82) is 0 Å². The molecule has 0 aromatic heterocycles. The molecule has 2 fully saturated rings. The van der Waals surface area contributed by atoms with Gasteiger partial charge in [0.15, 0.2) is 0 Å². The van der Waals surface area contributed by atoms with E-state index >= 15 is 0 Å². The molecule has 3 atom stereocenters. The highest BCUT2D eigenvalue weighted by Crippen LogP contribution is 2.41. The van der Waals surface area contributed by atoms with Crippen LogP contribution in [0.3, 0.4) is 0 Å². The predicted octanol–water partition coefficient (Wildman–Crippen LogP) is 2.71. The Morgan fingerprint density at radius 2 is 1.58 bits per heavy atom. The molecule has 0 aromatic rings. The smallest absolute Gasteiger partial charge is 0.0161 e. The Morgan fingerprint density at radius 1 is 1.08 bits per heavy atom. The Balaban J connectivity index is 2.19. The SMILES string of the molecule is C[C@H]1C[C@]2(C)CCC[C@](C)(C1)N2. The van der Waals surface area contributed by atoms with E-state index < -0.39 is 0 Å². The lowest BCUT2D eigenvalue weighted by molar-refractivity contribution is 0.0610. The molecule has 0 saturated carbocycles. The van der Waals surface area contributed by atoms with Gasteiger partial charge in [-0.25, -0.2) is 0 Å². The molecule has 70 valence electrons. The zero-order valence-corrected chi connectivity index (χ0v) is 8.61. The van der Waals surface area contributed by atoms with E-state index in [4.69, 9.17) is 0 Å². The number of hydrogen-bond donors (Lipinski definition) is 1. The van der Waals surface area contributed by atoms with Crippen LogP contribution >= 0.6 is 0 Å². The van der Waals surface area contributed by atoms with Crippen molar-refractivity contribution in [2.24, 2.45) is 5.92 Å². The average Bonchev–Trinajstić information content (AvgIpc) is 1.79. The quantitative estimate of drug-likeness (QED) is 0.585. The third-order valence-corrected chi connectivity index (χ3v) is 3.66. The lowest BCUT2D eigenvalue weighted by Gasteiger charge is -2.53. The molecule has 2 aliphatic rings. The summed E-state index contributed by atoms with van der Waals surface area (Å²) < 4.78 is 0. The van der Waals surface area contributed by atoms with Crippen LogP contribution in [0.2, 0.25) is 0 Å². The molecule has 0 amide bonds. The van der Waals surface area contributed by atoms with Gasteiger partial charge >= 0.3 is 0 Å². The van der Waals surface area contributed by atoms with E-state index in [1.165, 1.54) is 32.1 Å². The molecule has 12 heavy (non-hydrogen) atoms. The van der Waals surface area contributed by atoms with Crippen molar-refractivity contribution < 1.29 is 0 Å². The first-order valence-corrected chi connectivity index (χ1v) is 5.31.